The van der Waals surface area contributed by atoms with Crippen LogP contribution in [-0.2, 0) is 4.79 Å². The van der Waals surface area contributed by atoms with Gasteiger partial charge in [-0.05, 0) is 33.8 Å². The highest BCUT2D eigenvalue weighted by Gasteiger charge is 2.20. The average molecular weight is 288 g/mol. The van der Waals surface area contributed by atoms with Crippen molar-refractivity contribution >= 4 is 28.9 Å². The zero-order valence-corrected chi connectivity index (χ0v) is 12.2. The predicted octanol–water partition coefficient (Wildman–Crippen LogP) is 2.78. The van der Waals surface area contributed by atoms with Gasteiger partial charge in [0.05, 0.1) is 16.4 Å². The number of nitrogens with one attached hydrogen (secondary N) is 2. The van der Waals surface area contributed by atoms with Crippen LogP contribution < -0.4 is 16.4 Å². The van der Waals surface area contributed by atoms with Crippen LogP contribution in [0.1, 0.15) is 27.7 Å². The quantitative estimate of drug-likeness (QED) is 0.749. The lowest BCUT2D eigenvalue weighted by Gasteiger charge is -2.24. The molecule has 1 amide bonds. The maximum absolute atomic E-state index is 13.2. The lowest BCUT2D eigenvalue weighted by atomic mass is 10.1. The van der Waals surface area contributed by atoms with Crippen molar-refractivity contribution in [3.63, 3.8) is 0 Å². The molecule has 0 aliphatic rings. The topological polar surface area (TPSA) is 67.1 Å². The van der Waals surface area contributed by atoms with Gasteiger partial charge in [0.25, 0.3) is 0 Å². The van der Waals surface area contributed by atoms with E-state index in [1.54, 1.807) is 6.92 Å². The summed E-state index contributed by atoms with van der Waals surface area (Å²) >= 11 is 5.68. The van der Waals surface area contributed by atoms with E-state index >= 15 is 0 Å². The molecule has 0 radical (unpaired) electrons. The van der Waals surface area contributed by atoms with Crippen LogP contribution in [0.5, 0.6) is 0 Å². The highest BCUT2D eigenvalue weighted by atomic mass is 35.5. The second-order valence-electron chi connectivity index (χ2n) is 5.46. The summed E-state index contributed by atoms with van der Waals surface area (Å²) in [4.78, 5) is 11.9. The Hall–Kier alpha value is -1.49. The van der Waals surface area contributed by atoms with Gasteiger partial charge in [-0.2, -0.15) is 0 Å². The maximum atomic E-state index is 13.2. The van der Waals surface area contributed by atoms with Crippen LogP contribution in [0.2, 0.25) is 5.02 Å². The van der Waals surface area contributed by atoms with E-state index in [0.29, 0.717) is 5.69 Å². The van der Waals surface area contributed by atoms with Crippen LogP contribution in [-0.4, -0.2) is 17.5 Å². The third-order valence-electron chi connectivity index (χ3n) is 2.36. The van der Waals surface area contributed by atoms with Crippen molar-refractivity contribution in [1.82, 2.24) is 5.32 Å². The first-order valence-corrected chi connectivity index (χ1v) is 6.31. The Morgan fingerprint density at radius 3 is 2.53 bits per heavy atom. The van der Waals surface area contributed by atoms with Gasteiger partial charge in [-0.15, -0.1) is 0 Å². The Balaban J connectivity index is 2.80. The molecule has 4 nitrogen and oxygen atoms in total. The standard InChI is InChI=1S/C13H19ClFN3O/c1-7(12(19)18-13(2,3)4)17-11-5-8(14)9(15)6-10(11)16/h5-7,17H,16H2,1-4H3,(H,18,19). The zero-order valence-electron chi connectivity index (χ0n) is 11.5. The number of nitrogens with two attached hydrogens (primary N) is 1. The summed E-state index contributed by atoms with van der Waals surface area (Å²) in [5.41, 5.74) is 5.99. The number of nitrogen functional groups attached to an aromatic ring is 1. The number of anilines is 2. The van der Waals surface area contributed by atoms with E-state index in [4.69, 9.17) is 17.3 Å². The van der Waals surface area contributed by atoms with Crippen molar-refractivity contribution in [3.8, 4) is 0 Å². The molecule has 4 N–H and O–H groups in total. The normalized spacial score (nSPS) is 12.9. The molecule has 0 saturated heterocycles. The zero-order chi connectivity index (χ0) is 14.8. The van der Waals surface area contributed by atoms with Gasteiger partial charge < -0.3 is 16.4 Å². The van der Waals surface area contributed by atoms with Gasteiger partial charge >= 0.3 is 0 Å². The largest absolute Gasteiger partial charge is 0.397 e. The molecule has 106 valence electrons. The second kappa shape index (κ2) is 5.65. The predicted molar refractivity (Wildman–Crippen MR) is 76.8 cm³/mol. The first-order chi connectivity index (χ1) is 8.60. The lowest BCUT2D eigenvalue weighted by molar-refractivity contribution is -0.122. The van der Waals surface area contributed by atoms with E-state index in [0.717, 1.165) is 6.07 Å². The van der Waals surface area contributed by atoms with E-state index in [-0.39, 0.29) is 22.2 Å². The van der Waals surface area contributed by atoms with Gasteiger partial charge in [-0.3, -0.25) is 4.79 Å². The van der Waals surface area contributed by atoms with Crippen molar-refractivity contribution in [2.45, 2.75) is 39.3 Å². The summed E-state index contributed by atoms with van der Waals surface area (Å²) in [5.74, 6) is -0.760. The van der Waals surface area contributed by atoms with E-state index in [1.165, 1.54) is 6.07 Å². The van der Waals surface area contributed by atoms with Gasteiger partial charge in [-0.25, -0.2) is 4.39 Å². The van der Waals surface area contributed by atoms with Crippen LogP contribution in [0.4, 0.5) is 15.8 Å². The van der Waals surface area contributed by atoms with Crippen LogP contribution >= 0.6 is 11.6 Å². The minimum absolute atomic E-state index is 0.0415. The Labute approximate surface area is 117 Å². The van der Waals surface area contributed by atoms with Gasteiger partial charge in [-0.1, -0.05) is 11.6 Å². The molecule has 19 heavy (non-hydrogen) atoms. The van der Waals surface area contributed by atoms with Crippen molar-refractivity contribution in [2.24, 2.45) is 0 Å². The van der Waals surface area contributed by atoms with Crippen LogP contribution in [0.25, 0.3) is 0 Å². The van der Waals surface area contributed by atoms with Crippen molar-refractivity contribution < 1.29 is 9.18 Å². The SMILES string of the molecule is CC(Nc1cc(Cl)c(F)cc1N)C(=O)NC(C)(C)C. The Morgan fingerprint density at radius 1 is 1.42 bits per heavy atom. The molecule has 0 aromatic heterocycles. The summed E-state index contributed by atoms with van der Waals surface area (Å²) in [6.45, 7) is 7.36. The third-order valence-corrected chi connectivity index (χ3v) is 2.65. The number of hydrogen-bond acceptors (Lipinski definition) is 3. The lowest BCUT2D eigenvalue weighted by Crippen LogP contribution is -2.47. The van der Waals surface area contributed by atoms with Gasteiger partial charge in [0.1, 0.15) is 11.9 Å². The molecule has 0 heterocycles. The fraction of sp³-hybridized carbons (Fsp3) is 0.462. The molecule has 1 aromatic carbocycles. The van der Waals surface area contributed by atoms with E-state index in [9.17, 15) is 9.18 Å². The van der Waals surface area contributed by atoms with Gasteiger partial charge in [0.15, 0.2) is 0 Å². The molecule has 1 unspecified atom stereocenters. The summed E-state index contributed by atoms with van der Waals surface area (Å²) in [6.07, 6.45) is 0. The molecule has 1 atom stereocenters. The number of amides is 1. The molecular formula is C13H19ClFN3O. The molecule has 0 bridgehead atoms. The number of carbonyl (C=O) groups is 1. The summed E-state index contributed by atoms with van der Waals surface area (Å²) < 4.78 is 13.2. The van der Waals surface area contributed by atoms with Crippen molar-refractivity contribution in [2.75, 3.05) is 11.1 Å². The third kappa shape index (κ3) is 4.59. The second-order valence-corrected chi connectivity index (χ2v) is 5.87. The minimum atomic E-state index is -0.587. The smallest absolute Gasteiger partial charge is 0.242 e. The number of halogens is 2. The van der Waals surface area contributed by atoms with E-state index in [2.05, 4.69) is 10.6 Å². The molecule has 0 spiro atoms. The van der Waals surface area contributed by atoms with Crippen LogP contribution in [0.15, 0.2) is 12.1 Å². The molecule has 6 heteroatoms. The minimum Gasteiger partial charge on any atom is -0.397 e. The fourth-order valence-electron chi connectivity index (χ4n) is 1.46. The average Bonchev–Trinajstić information content (AvgIpc) is 2.23. The Bertz CT molecular complexity index is 486. The number of carbonyl (C=O) groups excluding carboxylic acids is 1. The molecule has 1 aromatic rings. The monoisotopic (exact) mass is 287 g/mol. The highest BCUT2D eigenvalue weighted by molar-refractivity contribution is 6.31. The summed E-state index contributed by atoms with van der Waals surface area (Å²) in [6, 6.07) is 1.98. The fourth-order valence-corrected chi connectivity index (χ4v) is 1.63. The molecule has 1 rings (SSSR count). The molecule has 0 saturated carbocycles. The molecular weight excluding hydrogens is 269 g/mol. The van der Waals surface area contributed by atoms with Gasteiger partial charge in [0.2, 0.25) is 5.91 Å². The number of rotatable bonds is 3. The highest BCUT2D eigenvalue weighted by Crippen LogP contribution is 2.26. The van der Waals surface area contributed by atoms with E-state index < -0.39 is 11.9 Å². The molecule has 0 fully saturated rings. The molecule has 0 aliphatic heterocycles. The number of benzene rings is 1. The van der Waals surface area contributed by atoms with Crippen molar-refractivity contribution in [3.05, 3.63) is 23.0 Å². The van der Waals surface area contributed by atoms with Crippen LogP contribution in [0, 0.1) is 5.82 Å². The van der Waals surface area contributed by atoms with Crippen LogP contribution in [0.3, 0.4) is 0 Å². The van der Waals surface area contributed by atoms with Crippen molar-refractivity contribution in [1.29, 1.82) is 0 Å². The van der Waals surface area contributed by atoms with Gasteiger partial charge in [0, 0.05) is 11.6 Å². The maximum Gasteiger partial charge on any atom is 0.242 e. The Morgan fingerprint density at radius 2 is 2.00 bits per heavy atom. The first kappa shape index (κ1) is 15.6. The summed E-state index contributed by atoms with van der Waals surface area (Å²) in [7, 11) is 0. The first-order valence-electron chi connectivity index (χ1n) is 5.93. The number of hydrogen-bond donors (Lipinski definition) is 3. The molecule has 0 aliphatic carbocycles. The Kier molecular flexibility index (Phi) is 4.63. The summed E-state index contributed by atoms with van der Waals surface area (Å²) in [5, 5.41) is 5.71. The van der Waals surface area contributed by atoms with E-state index in [1.807, 2.05) is 20.8 Å².